The molecule has 1 atom stereocenters. The van der Waals surface area contributed by atoms with Crippen molar-refractivity contribution in [2.75, 3.05) is 0 Å². The summed E-state index contributed by atoms with van der Waals surface area (Å²) in [6.07, 6.45) is -0.155. The summed E-state index contributed by atoms with van der Waals surface area (Å²) < 4.78 is 5.78. The van der Waals surface area contributed by atoms with Crippen LogP contribution in [-0.4, -0.2) is 10.9 Å². The van der Waals surface area contributed by atoms with Gasteiger partial charge in [-0.3, -0.25) is 4.79 Å². The lowest BCUT2D eigenvalue weighted by Crippen LogP contribution is -2.20. The summed E-state index contributed by atoms with van der Waals surface area (Å²) in [5.74, 6) is 0.471. The summed E-state index contributed by atoms with van der Waals surface area (Å²) in [6, 6.07) is 11.8. The molecule has 0 aromatic heterocycles. The Morgan fingerprint density at radius 2 is 2.00 bits per heavy atom. The quantitative estimate of drug-likeness (QED) is 0.861. The van der Waals surface area contributed by atoms with Gasteiger partial charge in [0.25, 0.3) is 0 Å². The minimum absolute atomic E-state index is 0.00818. The van der Waals surface area contributed by atoms with Crippen molar-refractivity contribution in [1.29, 1.82) is 0 Å². The maximum absolute atomic E-state index is 12.1. The van der Waals surface area contributed by atoms with Gasteiger partial charge in [-0.15, -0.1) is 0 Å². The molecule has 0 fully saturated rings. The monoisotopic (exact) mass is 274 g/mol. The van der Waals surface area contributed by atoms with Gasteiger partial charge in [-0.25, -0.2) is 0 Å². The summed E-state index contributed by atoms with van der Waals surface area (Å²) in [7, 11) is 0. The van der Waals surface area contributed by atoms with Gasteiger partial charge in [0.05, 0.1) is 12.0 Å². The van der Waals surface area contributed by atoms with E-state index in [9.17, 15) is 9.90 Å². The Morgan fingerprint density at radius 3 is 2.79 bits per heavy atom. The first-order valence-corrected chi connectivity index (χ1v) is 6.30. The lowest BCUT2D eigenvalue weighted by atomic mass is 9.96. The zero-order chi connectivity index (χ0) is 13.4. The number of hydrogen-bond acceptors (Lipinski definition) is 3. The number of ketones is 1. The molecule has 0 amide bonds. The van der Waals surface area contributed by atoms with E-state index in [1.54, 1.807) is 12.1 Å². The van der Waals surface area contributed by atoms with E-state index in [2.05, 4.69) is 0 Å². The second-order valence-electron chi connectivity index (χ2n) is 4.44. The number of rotatable bonds is 1. The molecule has 0 saturated heterocycles. The first kappa shape index (κ1) is 12.1. The third-order valence-corrected chi connectivity index (χ3v) is 3.50. The van der Waals surface area contributed by atoms with Crippen LogP contribution < -0.4 is 4.74 Å². The molecular formula is C15H11ClO3. The van der Waals surface area contributed by atoms with Gasteiger partial charge in [0, 0.05) is 16.7 Å². The molecule has 1 aliphatic rings. The number of phenols is 1. The van der Waals surface area contributed by atoms with E-state index in [1.165, 1.54) is 12.1 Å². The first-order chi connectivity index (χ1) is 9.15. The lowest BCUT2D eigenvalue weighted by Gasteiger charge is -2.26. The molecule has 0 aliphatic carbocycles. The summed E-state index contributed by atoms with van der Waals surface area (Å²) in [6.45, 7) is 0. The van der Waals surface area contributed by atoms with E-state index in [0.29, 0.717) is 16.3 Å². The molecule has 0 radical (unpaired) electrons. The number of hydrogen-bond donors (Lipinski definition) is 1. The minimum atomic E-state index is -0.407. The fourth-order valence-corrected chi connectivity index (χ4v) is 2.48. The fourth-order valence-electron chi connectivity index (χ4n) is 2.22. The van der Waals surface area contributed by atoms with Crippen molar-refractivity contribution in [1.82, 2.24) is 0 Å². The van der Waals surface area contributed by atoms with Crippen molar-refractivity contribution in [2.24, 2.45) is 0 Å². The second-order valence-corrected chi connectivity index (χ2v) is 4.84. The standard InChI is InChI=1S/C15H11ClO3/c16-12-4-2-1-3-10(12)15-8-13(18)11-6-5-9(17)7-14(11)19-15/h1-7,15,17H,8H2. The predicted molar refractivity (Wildman–Crippen MR) is 71.9 cm³/mol. The number of aromatic hydroxyl groups is 1. The van der Waals surface area contributed by atoms with E-state index in [1.807, 2.05) is 18.2 Å². The highest BCUT2D eigenvalue weighted by molar-refractivity contribution is 6.31. The van der Waals surface area contributed by atoms with Crippen LogP contribution in [0.25, 0.3) is 0 Å². The fraction of sp³-hybridized carbons (Fsp3) is 0.133. The SMILES string of the molecule is O=C1CC(c2ccccc2Cl)Oc2cc(O)ccc21. The van der Waals surface area contributed by atoms with Crippen molar-refractivity contribution in [3.05, 3.63) is 58.6 Å². The first-order valence-electron chi connectivity index (χ1n) is 5.92. The highest BCUT2D eigenvalue weighted by atomic mass is 35.5. The average molecular weight is 275 g/mol. The van der Waals surface area contributed by atoms with Crippen molar-refractivity contribution >= 4 is 17.4 Å². The van der Waals surface area contributed by atoms with Gasteiger partial charge in [-0.2, -0.15) is 0 Å². The highest BCUT2D eigenvalue weighted by Gasteiger charge is 2.28. The molecule has 1 aliphatic heterocycles. The Bertz CT molecular complexity index is 652. The number of benzene rings is 2. The third kappa shape index (κ3) is 2.17. The van der Waals surface area contributed by atoms with Gasteiger partial charge in [-0.05, 0) is 18.2 Å². The van der Waals surface area contributed by atoms with Crippen LogP contribution in [-0.2, 0) is 0 Å². The van der Waals surface area contributed by atoms with Gasteiger partial charge >= 0.3 is 0 Å². The Labute approximate surface area is 115 Å². The maximum Gasteiger partial charge on any atom is 0.170 e. The third-order valence-electron chi connectivity index (χ3n) is 3.16. The topological polar surface area (TPSA) is 46.5 Å². The highest BCUT2D eigenvalue weighted by Crippen LogP contribution is 2.38. The summed E-state index contributed by atoms with van der Waals surface area (Å²) in [5, 5.41) is 10.0. The molecular weight excluding hydrogens is 264 g/mol. The zero-order valence-electron chi connectivity index (χ0n) is 9.97. The summed E-state index contributed by atoms with van der Waals surface area (Å²) in [4.78, 5) is 12.1. The van der Waals surface area contributed by atoms with E-state index in [4.69, 9.17) is 16.3 Å². The van der Waals surface area contributed by atoms with Crippen molar-refractivity contribution in [3.8, 4) is 11.5 Å². The molecule has 2 aromatic rings. The molecule has 96 valence electrons. The summed E-state index contributed by atoms with van der Waals surface area (Å²) in [5.41, 5.74) is 1.28. The normalized spacial score (nSPS) is 17.7. The molecule has 0 saturated carbocycles. The van der Waals surface area contributed by atoms with Crippen LogP contribution in [0.5, 0.6) is 11.5 Å². The molecule has 1 N–H and O–H groups in total. The molecule has 3 rings (SSSR count). The summed E-state index contributed by atoms with van der Waals surface area (Å²) >= 11 is 6.12. The van der Waals surface area contributed by atoms with Gasteiger partial charge in [0.2, 0.25) is 0 Å². The van der Waals surface area contributed by atoms with E-state index in [-0.39, 0.29) is 18.0 Å². The molecule has 19 heavy (non-hydrogen) atoms. The van der Waals surface area contributed by atoms with Crippen LogP contribution in [0.3, 0.4) is 0 Å². The van der Waals surface area contributed by atoms with Crippen LogP contribution in [0.1, 0.15) is 28.4 Å². The van der Waals surface area contributed by atoms with E-state index in [0.717, 1.165) is 5.56 Å². The molecule has 4 heteroatoms. The molecule has 1 heterocycles. The maximum atomic E-state index is 12.1. The van der Waals surface area contributed by atoms with Crippen LogP contribution >= 0.6 is 11.6 Å². The Kier molecular flexibility index (Phi) is 2.91. The van der Waals surface area contributed by atoms with Crippen LogP contribution in [0, 0.1) is 0 Å². The number of phenolic OH excluding ortho intramolecular Hbond substituents is 1. The van der Waals surface area contributed by atoms with Gasteiger partial charge in [0.1, 0.15) is 17.6 Å². The number of fused-ring (bicyclic) bond motifs is 1. The van der Waals surface area contributed by atoms with Gasteiger partial charge < -0.3 is 9.84 Å². The second kappa shape index (κ2) is 4.59. The van der Waals surface area contributed by atoms with Crippen molar-refractivity contribution in [2.45, 2.75) is 12.5 Å². The van der Waals surface area contributed by atoms with Crippen molar-refractivity contribution < 1.29 is 14.6 Å². The number of carbonyl (C=O) groups is 1. The number of Topliss-reactive ketones (excluding diaryl/α,β-unsaturated/α-hetero) is 1. The Morgan fingerprint density at radius 1 is 1.21 bits per heavy atom. The average Bonchev–Trinajstić information content (AvgIpc) is 2.38. The predicted octanol–water partition coefficient (Wildman–Crippen LogP) is 3.75. The van der Waals surface area contributed by atoms with Gasteiger partial charge in [0.15, 0.2) is 5.78 Å². The number of halogens is 1. The van der Waals surface area contributed by atoms with Crippen LogP contribution in [0.4, 0.5) is 0 Å². The lowest BCUT2D eigenvalue weighted by molar-refractivity contribution is 0.0850. The van der Waals surface area contributed by atoms with E-state index < -0.39 is 6.10 Å². The minimum Gasteiger partial charge on any atom is -0.508 e. The molecule has 0 spiro atoms. The smallest absolute Gasteiger partial charge is 0.170 e. The van der Waals surface area contributed by atoms with Crippen LogP contribution in [0.2, 0.25) is 5.02 Å². The Hall–Kier alpha value is -2.00. The van der Waals surface area contributed by atoms with Crippen molar-refractivity contribution in [3.63, 3.8) is 0 Å². The van der Waals surface area contributed by atoms with Crippen LogP contribution in [0.15, 0.2) is 42.5 Å². The van der Waals surface area contributed by atoms with Gasteiger partial charge in [-0.1, -0.05) is 29.8 Å². The molecule has 0 bridgehead atoms. The largest absolute Gasteiger partial charge is 0.508 e. The molecule has 3 nitrogen and oxygen atoms in total. The zero-order valence-corrected chi connectivity index (χ0v) is 10.7. The number of ether oxygens (including phenoxy) is 1. The number of carbonyl (C=O) groups excluding carboxylic acids is 1. The molecule has 1 unspecified atom stereocenters. The van der Waals surface area contributed by atoms with E-state index >= 15 is 0 Å². The molecule has 2 aromatic carbocycles. The Balaban J connectivity index is 2.01.